The highest BCUT2D eigenvalue weighted by Gasteiger charge is 2.25. The Bertz CT molecular complexity index is 1040. The first-order chi connectivity index (χ1) is 14.6. The Balaban J connectivity index is 1.22. The van der Waals surface area contributed by atoms with Crippen molar-refractivity contribution in [1.82, 2.24) is 9.88 Å². The molecular formula is C23H26ClN4O2+. The van der Waals surface area contributed by atoms with Crippen molar-refractivity contribution < 1.29 is 14.5 Å². The summed E-state index contributed by atoms with van der Waals surface area (Å²) in [5.74, 6) is 0.122. The van der Waals surface area contributed by atoms with Gasteiger partial charge in [-0.1, -0.05) is 41.9 Å². The zero-order valence-electron chi connectivity index (χ0n) is 16.8. The minimum absolute atomic E-state index is 0.0581. The first kappa shape index (κ1) is 20.4. The number of amides is 2. The molecule has 0 radical (unpaired) electrons. The summed E-state index contributed by atoms with van der Waals surface area (Å²) in [4.78, 5) is 31.3. The van der Waals surface area contributed by atoms with Gasteiger partial charge < -0.3 is 20.1 Å². The number of aryl methyl sites for hydroxylation is 1. The fraction of sp³-hybridized carbons (Fsp3) is 0.304. The number of anilines is 1. The number of nitrogens with zero attached hydrogens (tertiary/aromatic N) is 1. The van der Waals surface area contributed by atoms with Gasteiger partial charge in [0.2, 0.25) is 5.91 Å². The van der Waals surface area contributed by atoms with Crippen LogP contribution >= 0.6 is 11.6 Å². The van der Waals surface area contributed by atoms with E-state index in [2.05, 4.69) is 16.4 Å². The number of hydrogen-bond donors (Lipinski definition) is 3. The van der Waals surface area contributed by atoms with E-state index < -0.39 is 0 Å². The summed E-state index contributed by atoms with van der Waals surface area (Å²) in [6.07, 6.45) is 3.23. The number of halogens is 1. The fourth-order valence-corrected chi connectivity index (χ4v) is 4.15. The van der Waals surface area contributed by atoms with E-state index in [9.17, 15) is 9.59 Å². The first-order valence-corrected chi connectivity index (χ1v) is 10.7. The number of quaternary nitrogens is 1. The van der Waals surface area contributed by atoms with Crippen molar-refractivity contribution in [3.05, 3.63) is 65.3 Å². The molecule has 2 aromatic carbocycles. The number of aromatic nitrogens is 1. The van der Waals surface area contributed by atoms with Gasteiger partial charge in [0.15, 0.2) is 6.54 Å². The van der Waals surface area contributed by atoms with Gasteiger partial charge in [0, 0.05) is 23.5 Å². The standard InChI is InChI=1S/C23H25ClN4O2/c24-19-6-2-4-8-21(19)26-22(29)16-27-11-13-28(14-12-27)23(30)10-9-17-15-25-20-7-3-1-5-18(17)20/h1-8,15,25H,9-14,16H2,(H,26,29)/p+1. The average molecular weight is 426 g/mol. The number of H-pyrrole nitrogens is 1. The number of piperazine rings is 1. The molecular weight excluding hydrogens is 400 g/mol. The molecule has 7 heteroatoms. The van der Waals surface area contributed by atoms with Crippen LogP contribution in [0.2, 0.25) is 5.02 Å². The predicted molar refractivity (Wildman–Crippen MR) is 119 cm³/mol. The summed E-state index contributed by atoms with van der Waals surface area (Å²) in [6.45, 7) is 3.29. The molecule has 1 aliphatic heterocycles. The van der Waals surface area contributed by atoms with Crippen LogP contribution in [0.3, 0.4) is 0 Å². The molecule has 0 bridgehead atoms. The molecule has 30 heavy (non-hydrogen) atoms. The molecule has 4 rings (SSSR count). The Hall–Kier alpha value is -2.83. The summed E-state index contributed by atoms with van der Waals surface area (Å²) in [6, 6.07) is 15.4. The molecule has 2 heterocycles. The summed E-state index contributed by atoms with van der Waals surface area (Å²) in [5, 5.41) is 4.58. The van der Waals surface area contributed by atoms with Crippen LogP contribution in [0.15, 0.2) is 54.7 Å². The summed E-state index contributed by atoms with van der Waals surface area (Å²) >= 11 is 6.10. The minimum atomic E-state index is -0.0581. The number of carbonyl (C=O) groups is 2. The number of para-hydroxylation sites is 2. The maximum absolute atomic E-state index is 12.6. The molecule has 0 spiro atoms. The highest BCUT2D eigenvalue weighted by molar-refractivity contribution is 6.33. The lowest BCUT2D eigenvalue weighted by Crippen LogP contribution is -3.15. The largest absolute Gasteiger partial charge is 0.361 e. The van der Waals surface area contributed by atoms with Crippen LogP contribution < -0.4 is 10.2 Å². The van der Waals surface area contributed by atoms with E-state index in [1.165, 1.54) is 15.8 Å². The molecule has 0 atom stereocenters. The van der Waals surface area contributed by atoms with Crippen molar-refractivity contribution in [3.63, 3.8) is 0 Å². The SMILES string of the molecule is O=C(C[NH+]1CCN(C(=O)CCc2c[nH]c3ccccc23)CC1)Nc1ccccc1Cl. The number of aromatic amines is 1. The molecule has 0 unspecified atom stereocenters. The highest BCUT2D eigenvalue weighted by atomic mass is 35.5. The van der Waals surface area contributed by atoms with Gasteiger partial charge in [-0.15, -0.1) is 0 Å². The zero-order valence-corrected chi connectivity index (χ0v) is 17.5. The monoisotopic (exact) mass is 425 g/mol. The Morgan fingerprint density at radius 2 is 1.80 bits per heavy atom. The first-order valence-electron chi connectivity index (χ1n) is 10.3. The number of carbonyl (C=O) groups excluding carboxylic acids is 2. The van der Waals surface area contributed by atoms with Crippen LogP contribution in [0, 0.1) is 0 Å². The van der Waals surface area contributed by atoms with Crippen LogP contribution in [0.25, 0.3) is 10.9 Å². The van der Waals surface area contributed by atoms with Crippen molar-refractivity contribution in [1.29, 1.82) is 0 Å². The van der Waals surface area contributed by atoms with E-state index in [0.717, 1.165) is 25.0 Å². The lowest BCUT2D eigenvalue weighted by Gasteiger charge is -2.32. The quantitative estimate of drug-likeness (QED) is 0.566. The molecule has 1 fully saturated rings. The lowest BCUT2D eigenvalue weighted by atomic mass is 10.1. The van der Waals surface area contributed by atoms with Crippen LogP contribution in [0.5, 0.6) is 0 Å². The third-order valence-electron chi connectivity index (χ3n) is 5.66. The number of hydrogen-bond acceptors (Lipinski definition) is 2. The van der Waals surface area contributed by atoms with E-state index in [1.807, 2.05) is 41.4 Å². The maximum atomic E-state index is 12.6. The van der Waals surface area contributed by atoms with E-state index in [0.29, 0.717) is 36.8 Å². The maximum Gasteiger partial charge on any atom is 0.279 e. The van der Waals surface area contributed by atoms with Crippen molar-refractivity contribution >= 4 is 40.0 Å². The van der Waals surface area contributed by atoms with Crippen LogP contribution in [-0.4, -0.2) is 54.4 Å². The summed E-state index contributed by atoms with van der Waals surface area (Å²) in [5.41, 5.74) is 2.92. The van der Waals surface area contributed by atoms with Gasteiger partial charge in [-0.05, 0) is 30.2 Å². The molecule has 0 saturated carbocycles. The van der Waals surface area contributed by atoms with E-state index in [4.69, 9.17) is 11.6 Å². The second kappa shape index (κ2) is 9.32. The highest BCUT2D eigenvalue weighted by Crippen LogP contribution is 2.20. The fourth-order valence-electron chi connectivity index (χ4n) is 3.97. The number of fused-ring (bicyclic) bond motifs is 1. The third kappa shape index (κ3) is 4.83. The van der Waals surface area contributed by atoms with Crippen LogP contribution in [0.4, 0.5) is 5.69 Å². The Kier molecular flexibility index (Phi) is 6.35. The molecule has 156 valence electrons. The van der Waals surface area contributed by atoms with Crippen LogP contribution in [0.1, 0.15) is 12.0 Å². The summed E-state index contributed by atoms with van der Waals surface area (Å²) < 4.78 is 0. The third-order valence-corrected chi connectivity index (χ3v) is 5.99. The van der Waals surface area contributed by atoms with Crippen molar-refractivity contribution in [3.8, 4) is 0 Å². The van der Waals surface area contributed by atoms with Crippen molar-refractivity contribution in [2.75, 3.05) is 38.0 Å². The van der Waals surface area contributed by atoms with Crippen molar-refractivity contribution in [2.24, 2.45) is 0 Å². The molecule has 1 aliphatic rings. The van der Waals surface area contributed by atoms with Gasteiger partial charge in [0.1, 0.15) is 0 Å². The topological polar surface area (TPSA) is 69.6 Å². The molecule has 3 aromatic rings. The zero-order chi connectivity index (χ0) is 20.9. The second-order valence-corrected chi connectivity index (χ2v) is 8.10. The Morgan fingerprint density at radius 3 is 2.60 bits per heavy atom. The van der Waals surface area contributed by atoms with Gasteiger partial charge in [-0.2, -0.15) is 0 Å². The molecule has 1 aromatic heterocycles. The molecule has 3 N–H and O–H groups in total. The number of rotatable bonds is 6. The second-order valence-electron chi connectivity index (χ2n) is 7.70. The average Bonchev–Trinajstić information content (AvgIpc) is 3.17. The van der Waals surface area contributed by atoms with Gasteiger partial charge in [-0.3, -0.25) is 9.59 Å². The normalized spacial score (nSPS) is 14.8. The van der Waals surface area contributed by atoms with Gasteiger partial charge >= 0.3 is 0 Å². The van der Waals surface area contributed by atoms with Gasteiger partial charge in [0.25, 0.3) is 5.91 Å². The molecule has 2 amide bonds. The van der Waals surface area contributed by atoms with Crippen molar-refractivity contribution in [2.45, 2.75) is 12.8 Å². The lowest BCUT2D eigenvalue weighted by molar-refractivity contribution is -0.895. The predicted octanol–water partition coefficient (Wildman–Crippen LogP) is 2.12. The molecule has 6 nitrogen and oxygen atoms in total. The minimum Gasteiger partial charge on any atom is -0.361 e. The smallest absolute Gasteiger partial charge is 0.279 e. The Morgan fingerprint density at radius 1 is 1.07 bits per heavy atom. The van der Waals surface area contributed by atoms with Gasteiger partial charge in [-0.25, -0.2) is 0 Å². The van der Waals surface area contributed by atoms with Gasteiger partial charge in [0.05, 0.1) is 36.9 Å². The Labute approximate surface area is 180 Å². The number of nitrogens with one attached hydrogen (secondary N) is 3. The van der Waals surface area contributed by atoms with E-state index >= 15 is 0 Å². The van der Waals surface area contributed by atoms with E-state index in [1.54, 1.807) is 12.1 Å². The molecule has 0 aliphatic carbocycles. The summed E-state index contributed by atoms with van der Waals surface area (Å²) in [7, 11) is 0. The van der Waals surface area contributed by atoms with Crippen LogP contribution in [-0.2, 0) is 16.0 Å². The van der Waals surface area contributed by atoms with E-state index in [-0.39, 0.29) is 11.8 Å². The molecule has 1 saturated heterocycles. The number of benzene rings is 2.